The highest BCUT2D eigenvalue weighted by atomic mass is 16.4. The molecule has 30 heavy (non-hydrogen) atoms. The Morgan fingerprint density at radius 1 is 0.567 bits per heavy atom. The molecule has 0 saturated heterocycles. The fraction of sp³-hybridized carbons (Fsp3) is 0.375. The maximum atomic E-state index is 12.1. The molecule has 0 radical (unpaired) electrons. The van der Waals surface area contributed by atoms with Gasteiger partial charge in [0.2, 0.25) is 0 Å². The summed E-state index contributed by atoms with van der Waals surface area (Å²) >= 11 is 0. The average Bonchev–Trinajstić information content (AvgIpc) is 2.68. The predicted molar refractivity (Wildman–Crippen MR) is 111 cm³/mol. The third kappa shape index (κ3) is 6.17. The van der Waals surface area contributed by atoms with Gasteiger partial charge in [-0.15, -0.1) is 0 Å². The van der Waals surface area contributed by atoms with E-state index in [1.807, 2.05) is 20.8 Å². The van der Waals surface area contributed by atoms with Crippen LogP contribution in [0.3, 0.4) is 0 Å². The molecule has 0 aliphatic carbocycles. The van der Waals surface area contributed by atoms with Gasteiger partial charge in [-0.2, -0.15) is 0 Å². The van der Waals surface area contributed by atoms with Crippen LogP contribution < -0.4 is 15.3 Å². The van der Waals surface area contributed by atoms with Crippen molar-refractivity contribution < 1.29 is 29.7 Å². The molecule has 1 aromatic carbocycles. The first-order valence-electron chi connectivity index (χ1n) is 10.2. The highest BCUT2D eigenvalue weighted by molar-refractivity contribution is 6.11. The first kappa shape index (κ1) is 24.9. The highest BCUT2D eigenvalue weighted by Crippen LogP contribution is 2.32. The van der Waals surface area contributed by atoms with E-state index in [9.17, 15) is 29.7 Å². The second kappa shape index (κ2) is 12.4. The smallest absolute Gasteiger partial charge is 0.0728 e. The number of carboxylic acid groups (broad SMARTS) is 3. The van der Waals surface area contributed by atoms with Crippen LogP contribution in [0.4, 0.5) is 0 Å². The molecular weight excluding hydrogens is 384 g/mol. The van der Waals surface area contributed by atoms with Crippen LogP contribution in [0.2, 0.25) is 0 Å². The van der Waals surface area contributed by atoms with Gasteiger partial charge < -0.3 is 29.7 Å². The van der Waals surface area contributed by atoms with Crippen molar-refractivity contribution in [2.45, 2.75) is 59.3 Å². The van der Waals surface area contributed by atoms with Gasteiger partial charge in [0.15, 0.2) is 0 Å². The van der Waals surface area contributed by atoms with E-state index < -0.39 is 29.0 Å². The molecule has 0 saturated carbocycles. The summed E-state index contributed by atoms with van der Waals surface area (Å²) in [5, 5.41) is 36.0. The van der Waals surface area contributed by atoms with E-state index in [1.165, 1.54) is 18.2 Å². The number of allylic oxidation sites excluding steroid dienone is 3. The molecule has 0 bridgehead atoms. The zero-order valence-electron chi connectivity index (χ0n) is 17.7. The average molecular weight is 411 g/mol. The van der Waals surface area contributed by atoms with Gasteiger partial charge in [0.1, 0.15) is 0 Å². The Bertz CT molecular complexity index is 874. The van der Waals surface area contributed by atoms with E-state index in [0.717, 1.165) is 19.3 Å². The summed E-state index contributed by atoms with van der Waals surface area (Å²) < 4.78 is 0. The first-order chi connectivity index (χ1) is 14.3. The highest BCUT2D eigenvalue weighted by Gasteiger charge is 2.22. The van der Waals surface area contributed by atoms with Gasteiger partial charge >= 0.3 is 0 Å². The van der Waals surface area contributed by atoms with Crippen LogP contribution in [0.1, 0.15) is 107 Å². The van der Waals surface area contributed by atoms with Gasteiger partial charge in [-0.1, -0.05) is 76.5 Å². The molecule has 0 N–H and O–H groups in total. The standard InChI is InChI=1S/C24H30O6/c1-4-7-10-13-16-17(14-11-8-5-2)20(23(27)28)21(24(29)30)18(15-12-9-6-3)19(16)22(25)26/h10-15H,4-9H2,1-3H3,(H,25,26)(H,27,28)(H,29,30)/p-3/b13-10+,14-11+,15-12+. The summed E-state index contributed by atoms with van der Waals surface area (Å²) in [4.78, 5) is 36.0. The minimum absolute atomic E-state index is 0.0400. The van der Waals surface area contributed by atoms with Crippen LogP contribution in [0.25, 0.3) is 18.2 Å². The number of rotatable bonds is 12. The largest absolute Gasteiger partial charge is 0.545 e. The maximum Gasteiger partial charge on any atom is 0.0728 e. The van der Waals surface area contributed by atoms with Crippen LogP contribution in [0.15, 0.2) is 18.2 Å². The van der Waals surface area contributed by atoms with Crippen molar-refractivity contribution in [3.63, 3.8) is 0 Å². The quantitative estimate of drug-likeness (QED) is 0.520. The molecule has 6 heteroatoms. The van der Waals surface area contributed by atoms with Crippen molar-refractivity contribution in [1.82, 2.24) is 0 Å². The minimum atomic E-state index is -1.79. The maximum absolute atomic E-state index is 12.1. The van der Waals surface area contributed by atoms with E-state index in [-0.39, 0.29) is 22.3 Å². The Hall–Kier alpha value is -3.15. The van der Waals surface area contributed by atoms with Gasteiger partial charge in [0, 0.05) is 16.7 Å². The molecule has 1 aromatic rings. The fourth-order valence-electron chi connectivity index (χ4n) is 3.07. The number of carbonyl (C=O) groups is 3. The number of benzene rings is 1. The Morgan fingerprint density at radius 2 is 0.867 bits per heavy atom. The molecule has 162 valence electrons. The molecule has 0 unspecified atom stereocenters. The number of carbonyl (C=O) groups excluding carboxylic acids is 3. The van der Waals surface area contributed by atoms with Crippen molar-refractivity contribution in [3.8, 4) is 0 Å². The predicted octanol–water partition coefficient (Wildman–Crippen LogP) is 2.22. The number of aromatic carboxylic acids is 3. The normalized spacial score (nSPS) is 11.7. The number of unbranched alkanes of at least 4 members (excludes halogenated alkanes) is 3. The second-order valence-corrected chi connectivity index (χ2v) is 6.80. The van der Waals surface area contributed by atoms with E-state index in [0.29, 0.717) is 19.3 Å². The lowest BCUT2D eigenvalue weighted by molar-refractivity contribution is -0.260. The molecule has 0 heterocycles. The number of carboxylic acids is 3. The van der Waals surface area contributed by atoms with E-state index in [1.54, 1.807) is 18.2 Å². The lowest BCUT2D eigenvalue weighted by atomic mass is 9.85. The Morgan fingerprint density at radius 3 is 1.20 bits per heavy atom. The van der Waals surface area contributed by atoms with Gasteiger partial charge in [0.05, 0.1) is 17.9 Å². The van der Waals surface area contributed by atoms with Crippen molar-refractivity contribution in [2.24, 2.45) is 0 Å². The summed E-state index contributed by atoms with van der Waals surface area (Å²) in [6.45, 7) is 5.76. The molecule has 6 nitrogen and oxygen atoms in total. The van der Waals surface area contributed by atoms with Gasteiger partial charge in [-0.25, -0.2) is 0 Å². The summed E-state index contributed by atoms with van der Waals surface area (Å²) in [6, 6.07) is 0. The van der Waals surface area contributed by atoms with Crippen molar-refractivity contribution in [3.05, 3.63) is 51.6 Å². The van der Waals surface area contributed by atoms with Crippen LogP contribution in [-0.2, 0) is 0 Å². The van der Waals surface area contributed by atoms with Crippen LogP contribution in [0, 0.1) is 0 Å². The molecule has 0 aromatic heterocycles. The van der Waals surface area contributed by atoms with E-state index in [4.69, 9.17) is 0 Å². The van der Waals surface area contributed by atoms with Crippen molar-refractivity contribution >= 4 is 36.1 Å². The van der Waals surface area contributed by atoms with Gasteiger partial charge in [0.25, 0.3) is 0 Å². The van der Waals surface area contributed by atoms with Gasteiger partial charge in [-0.3, -0.25) is 0 Å². The van der Waals surface area contributed by atoms with Crippen molar-refractivity contribution in [2.75, 3.05) is 0 Å². The van der Waals surface area contributed by atoms with E-state index in [2.05, 4.69) is 0 Å². The third-order valence-corrected chi connectivity index (χ3v) is 4.45. The van der Waals surface area contributed by atoms with Crippen LogP contribution in [-0.4, -0.2) is 17.9 Å². The topological polar surface area (TPSA) is 120 Å². The Kier molecular flexibility index (Phi) is 10.3. The molecule has 0 amide bonds. The SMILES string of the molecule is CCC/C=C/c1c(/C=C/CCC)c(C(=O)[O-])c(C(=O)[O-])c(/C=C/CCC)c1C(=O)[O-]. The number of hydrogen-bond acceptors (Lipinski definition) is 6. The monoisotopic (exact) mass is 411 g/mol. The molecule has 0 aliphatic heterocycles. The molecule has 1 rings (SSSR count). The van der Waals surface area contributed by atoms with Gasteiger partial charge in [-0.05, 0) is 36.0 Å². The first-order valence-corrected chi connectivity index (χ1v) is 10.2. The summed E-state index contributed by atoms with van der Waals surface area (Å²) in [5.41, 5.74) is -1.91. The summed E-state index contributed by atoms with van der Waals surface area (Å²) in [6.07, 6.45) is 13.3. The molecule has 0 aliphatic rings. The van der Waals surface area contributed by atoms with Crippen molar-refractivity contribution in [1.29, 1.82) is 0 Å². The Labute approximate surface area is 177 Å². The van der Waals surface area contributed by atoms with Crippen LogP contribution >= 0.6 is 0 Å². The lowest BCUT2D eigenvalue weighted by Crippen LogP contribution is -2.34. The summed E-state index contributed by atoms with van der Waals surface area (Å²) in [7, 11) is 0. The minimum Gasteiger partial charge on any atom is -0.545 e. The zero-order valence-corrected chi connectivity index (χ0v) is 17.7. The number of hydrogen-bond donors (Lipinski definition) is 0. The lowest BCUT2D eigenvalue weighted by Gasteiger charge is -2.25. The fourth-order valence-corrected chi connectivity index (χ4v) is 3.07. The zero-order chi connectivity index (χ0) is 22.7. The second-order valence-electron chi connectivity index (χ2n) is 6.80. The van der Waals surface area contributed by atoms with Crippen LogP contribution in [0.5, 0.6) is 0 Å². The molecule has 0 spiro atoms. The third-order valence-electron chi connectivity index (χ3n) is 4.45. The molecule has 0 fully saturated rings. The summed E-state index contributed by atoms with van der Waals surface area (Å²) in [5.74, 6) is -5.10. The Balaban J connectivity index is 4.17. The molecule has 0 atom stereocenters. The van der Waals surface area contributed by atoms with E-state index >= 15 is 0 Å². The molecular formula is C24H27O6-3.